The minimum atomic E-state index is -0.333. The van der Waals surface area contributed by atoms with Crippen molar-refractivity contribution in [1.29, 1.82) is 0 Å². The van der Waals surface area contributed by atoms with Crippen LogP contribution in [0.1, 0.15) is 57.1 Å². The zero-order valence-corrected chi connectivity index (χ0v) is 11.7. The van der Waals surface area contributed by atoms with Crippen molar-refractivity contribution >= 4 is 0 Å². The fraction of sp³-hybridized carbons (Fsp3) is 0.625. The number of nitrogens with two attached hydrogens (primary N) is 1. The summed E-state index contributed by atoms with van der Waals surface area (Å²) in [5, 5.41) is 10.0. The minimum absolute atomic E-state index is 0.0619. The van der Waals surface area contributed by atoms with E-state index in [1.54, 1.807) is 0 Å². The van der Waals surface area contributed by atoms with Crippen LogP contribution in [-0.2, 0) is 0 Å². The summed E-state index contributed by atoms with van der Waals surface area (Å²) in [6.45, 7) is 2.08. The van der Waals surface area contributed by atoms with Gasteiger partial charge in [-0.15, -0.1) is 0 Å². The molecule has 1 saturated carbocycles. The van der Waals surface area contributed by atoms with Gasteiger partial charge in [-0.1, -0.05) is 31.9 Å². The fourth-order valence-electron chi connectivity index (χ4n) is 2.60. The molecule has 3 heteroatoms. The number of rotatable bonds is 4. The van der Waals surface area contributed by atoms with E-state index in [4.69, 9.17) is 10.5 Å². The third-order valence-electron chi connectivity index (χ3n) is 3.95. The van der Waals surface area contributed by atoms with E-state index < -0.39 is 0 Å². The van der Waals surface area contributed by atoms with E-state index >= 15 is 0 Å². The minimum Gasteiger partial charge on any atom is -0.488 e. The molecule has 3 nitrogen and oxygen atoms in total. The summed E-state index contributed by atoms with van der Waals surface area (Å²) in [5.74, 6) is 0.831. The summed E-state index contributed by atoms with van der Waals surface area (Å²) in [5.41, 5.74) is 7.13. The third-order valence-corrected chi connectivity index (χ3v) is 3.95. The van der Waals surface area contributed by atoms with Gasteiger partial charge in [0.1, 0.15) is 11.9 Å². The second kappa shape index (κ2) is 6.92. The molecule has 0 spiro atoms. The first-order valence-electron chi connectivity index (χ1n) is 7.41. The lowest BCUT2D eigenvalue weighted by molar-refractivity contribution is 0.0320. The molecular weight excluding hydrogens is 238 g/mol. The van der Waals surface area contributed by atoms with Crippen molar-refractivity contribution in [1.82, 2.24) is 0 Å². The highest BCUT2D eigenvalue weighted by Gasteiger charge is 2.23. The van der Waals surface area contributed by atoms with Gasteiger partial charge in [0.15, 0.2) is 0 Å². The average molecular weight is 263 g/mol. The molecule has 0 aliphatic heterocycles. The zero-order valence-electron chi connectivity index (χ0n) is 11.7. The Kier molecular flexibility index (Phi) is 5.23. The summed E-state index contributed by atoms with van der Waals surface area (Å²) < 4.78 is 5.93. The van der Waals surface area contributed by atoms with Gasteiger partial charge in [-0.3, -0.25) is 0 Å². The Bertz CT molecular complexity index is 377. The molecule has 2 rings (SSSR count). The van der Waals surface area contributed by atoms with Gasteiger partial charge < -0.3 is 15.6 Å². The van der Waals surface area contributed by atoms with Crippen LogP contribution in [0.15, 0.2) is 24.3 Å². The van der Waals surface area contributed by atoms with E-state index in [1.165, 1.54) is 6.42 Å². The van der Waals surface area contributed by atoms with Gasteiger partial charge in [0, 0.05) is 6.04 Å². The van der Waals surface area contributed by atoms with Crippen molar-refractivity contribution in [2.75, 3.05) is 0 Å². The second-order valence-corrected chi connectivity index (χ2v) is 5.45. The quantitative estimate of drug-likeness (QED) is 0.820. The van der Waals surface area contributed by atoms with Crippen molar-refractivity contribution < 1.29 is 9.84 Å². The molecule has 106 valence electrons. The highest BCUT2D eigenvalue weighted by Crippen LogP contribution is 2.24. The van der Waals surface area contributed by atoms with Crippen molar-refractivity contribution in [2.24, 2.45) is 5.73 Å². The molecule has 1 fully saturated rings. The Morgan fingerprint density at radius 1 is 1.21 bits per heavy atom. The molecule has 0 amide bonds. The predicted octanol–water partition coefficient (Wildman–Crippen LogP) is 3.17. The van der Waals surface area contributed by atoms with Gasteiger partial charge in [-0.25, -0.2) is 0 Å². The monoisotopic (exact) mass is 263 g/mol. The molecule has 0 aromatic heterocycles. The molecular formula is C16H25NO2. The maximum absolute atomic E-state index is 10.0. The standard InChI is InChI=1S/C16H25NO2/c1-2-14(17)12-8-10-13(11-9-12)19-16-7-5-3-4-6-15(16)18/h8-11,14-16,18H,2-7,17H2,1H3/t14-,15?,16?/m0/s1. The molecule has 1 aliphatic carbocycles. The number of hydrogen-bond donors (Lipinski definition) is 2. The Labute approximate surface area is 115 Å². The van der Waals surface area contributed by atoms with E-state index in [0.29, 0.717) is 0 Å². The van der Waals surface area contributed by atoms with E-state index in [9.17, 15) is 5.11 Å². The molecule has 1 aromatic rings. The van der Waals surface area contributed by atoms with Gasteiger partial charge in [0.05, 0.1) is 6.10 Å². The molecule has 0 heterocycles. The van der Waals surface area contributed by atoms with E-state index in [-0.39, 0.29) is 18.2 Å². The molecule has 2 unspecified atom stereocenters. The lowest BCUT2D eigenvalue weighted by atomic mass is 10.1. The normalized spacial score (nSPS) is 25.6. The van der Waals surface area contributed by atoms with Gasteiger partial charge in [-0.05, 0) is 43.4 Å². The third kappa shape index (κ3) is 3.95. The van der Waals surface area contributed by atoms with Crippen LogP contribution >= 0.6 is 0 Å². The topological polar surface area (TPSA) is 55.5 Å². The predicted molar refractivity (Wildman–Crippen MR) is 77.2 cm³/mol. The molecule has 3 atom stereocenters. The summed E-state index contributed by atoms with van der Waals surface area (Å²) >= 11 is 0. The van der Waals surface area contributed by atoms with Crippen molar-refractivity contribution in [2.45, 2.75) is 63.7 Å². The fourth-order valence-corrected chi connectivity index (χ4v) is 2.60. The van der Waals surface area contributed by atoms with Gasteiger partial charge >= 0.3 is 0 Å². The van der Waals surface area contributed by atoms with Crippen LogP contribution in [0, 0.1) is 0 Å². The highest BCUT2D eigenvalue weighted by atomic mass is 16.5. The average Bonchev–Trinajstić information content (AvgIpc) is 2.64. The van der Waals surface area contributed by atoms with Crippen LogP contribution in [-0.4, -0.2) is 17.3 Å². The van der Waals surface area contributed by atoms with Gasteiger partial charge in [0.2, 0.25) is 0 Å². The maximum Gasteiger partial charge on any atom is 0.124 e. The van der Waals surface area contributed by atoms with E-state index in [2.05, 4.69) is 6.92 Å². The smallest absolute Gasteiger partial charge is 0.124 e. The number of hydrogen-bond acceptors (Lipinski definition) is 3. The first-order chi connectivity index (χ1) is 9.20. The van der Waals surface area contributed by atoms with Crippen molar-refractivity contribution in [3.8, 4) is 5.75 Å². The van der Waals surface area contributed by atoms with Crippen LogP contribution in [0.3, 0.4) is 0 Å². The Morgan fingerprint density at radius 3 is 2.58 bits per heavy atom. The molecule has 0 saturated heterocycles. The Hall–Kier alpha value is -1.06. The van der Waals surface area contributed by atoms with Gasteiger partial charge in [0.25, 0.3) is 0 Å². The summed E-state index contributed by atoms with van der Waals surface area (Å²) in [7, 11) is 0. The molecule has 1 aliphatic rings. The van der Waals surface area contributed by atoms with Crippen LogP contribution in [0.4, 0.5) is 0 Å². The summed E-state index contributed by atoms with van der Waals surface area (Å²) in [4.78, 5) is 0. The van der Waals surface area contributed by atoms with Crippen LogP contribution in [0.25, 0.3) is 0 Å². The number of benzene rings is 1. The van der Waals surface area contributed by atoms with Crippen molar-refractivity contribution in [3.63, 3.8) is 0 Å². The maximum atomic E-state index is 10.0. The highest BCUT2D eigenvalue weighted by molar-refractivity contribution is 5.29. The first-order valence-corrected chi connectivity index (χ1v) is 7.41. The lowest BCUT2D eigenvalue weighted by Gasteiger charge is -2.22. The number of ether oxygens (including phenoxy) is 1. The van der Waals surface area contributed by atoms with E-state index in [0.717, 1.165) is 43.4 Å². The van der Waals surface area contributed by atoms with Crippen molar-refractivity contribution in [3.05, 3.63) is 29.8 Å². The van der Waals surface area contributed by atoms with Crippen LogP contribution in [0.5, 0.6) is 5.75 Å². The SMILES string of the molecule is CC[C@H](N)c1ccc(OC2CCCCCC2O)cc1. The van der Waals surface area contributed by atoms with Gasteiger partial charge in [-0.2, -0.15) is 0 Å². The zero-order chi connectivity index (χ0) is 13.7. The lowest BCUT2D eigenvalue weighted by Crippen LogP contribution is -2.30. The molecule has 0 bridgehead atoms. The number of aliphatic hydroxyl groups excluding tert-OH is 1. The Balaban J connectivity index is 1.98. The largest absolute Gasteiger partial charge is 0.488 e. The summed E-state index contributed by atoms with van der Waals surface area (Å²) in [6.07, 6.45) is 5.77. The van der Waals surface area contributed by atoms with E-state index in [1.807, 2.05) is 24.3 Å². The summed E-state index contributed by atoms with van der Waals surface area (Å²) in [6, 6.07) is 8.06. The molecule has 1 aromatic carbocycles. The number of aliphatic hydroxyl groups is 1. The molecule has 3 N–H and O–H groups in total. The first kappa shape index (κ1) is 14.4. The van der Waals surface area contributed by atoms with Crippen LogP contribution < -0.4 is 10.5 Å². The van der Waals surface area contributed by atoms with Crippen LogP contribution in [0.2, 0.25) is 0 Å². The Morgan fingerprint density at radius 2 is 1.89 bits per heavy atom. The molecule has 19 heavy (non-hydrogen) atoms. The second-order valence-electron chi connectivity index (χ2n) is 5.45. The molecule has 0 radical (unpaired) electrons.